The Labute approximate surface area is 111 Å². The van der Waals surface area contributed by atoms with Crippen molar-refractivity contribution in [3.8, 4) is 5.75 Å². The molecular weight excluding hydrogens is 224 g/mol. The lowest BCUT2D eigenvalue weighted by Gasteiger charge is -2.23. The van der Waals surface area contributed by atoms with E-state index in [0.717, 1.165) is 37.6 Å². The first-order chi connectivity index (χ1) is 8.71. The highest BCUT2D eigenvalue weighted by atomic mass is 16.5. The van der Waals surface area contributed by atoms with E-state index in [1.807, 2.05) is 24.3 Å². The predicted octanol–water partition coefficient (Wildman–Crippen LogP) is 2.50. The van der Waals surface area contributed by atoms with Crippen molar-refractivity contribution in [1.29, 1.82) is 0 Å². The molecule has 18 heavy (non-hydrogen) atoms. The first-order valence-electron chi connectivity index (χ1n) is 6.84. The van der Waals surface area contributed by atoms with Crippen LogP contribution in [0.3, 0.4) is 0 Å². The van der Waals surface area contributed by atoms with Crippen LogP contribution < -0.4 is 10.5 Å². The highest BCUT2D eigenvalue weighted by Crippen LogP contribution is 2.18. The molecule has 0 aliphatic heterocycles. The Hall–Kier alpha value is -1.06. The van der Waals surface area contributed by atoms with E-state index in [9.17, 15) is 0 Å². The topological polar surface area (TPSA) is 38.5 Å². The van der Waals surface area contributed by atoms with Gasteiger partial charge >= 0.3 is 0 Å². The summed E-state index contributed by atoms with van der Waals surface area (Å²) >= 11 is 0. The van der Waals surface area contributed by atoms with E-state index < -0.39 is 0 Å². The van der Waals surface area contributed by atoms with Crippen LogP contribution in [0.2, 0.25) is 0 Å². The summed E-state index contributed by atoms with van der Waals surface area (Å²) in [5.41, 5.74) is 6.77. The van der Waals surface area contributed by atoms with Gasteiger partial charge in [-0.2, -0.15) is 0 Å². The van der Waals surface area contributed by atoms with Gasteiger partial charge < -0.3 is 15.4 Å². The van der Waals surface area contributed by atoms with Crippen molar-refractivity contribution in [2.24, 2.45) is 11.7 Å². The number of nitrogens with zero attached hydrogens (tertiary/aromatic N) is 1. The molecule has 0 amide bonds. The third kappa shape index (κ3) is 4.67. The average molecular weight is 250 g/mol. The van der Waals surface area contributed by atoms with E-state index in [2.05, 4.69) is 25.7 Å². The number of ether oxygens (including phenoxy) is 1. The third-order valence-corrected chi connectivity index (χ3v) is 3.18. The summed E-state index contributed by atoms with van der Waals surface area (Å²) in [4.78, 5) is 2.42. The largest absolute Gasteiger partial charge is 0.493 e. The van der Waals surface area contributed by atoms with Crippen LogP contribution in [0.25, 0.3) is 0 Å². The van der Waals surface area contributed by atoms with Crippen molar-refractivity contribution in [3.05, 3.63) is 29.8 Å². The molecule has 0 heterocycles. The van der Waals surface area contributed by atoms with Gasteiger partial charge in [-0.05, 0) is 19.2 Å². The van der Waals surface area contributed by atoms with Gasteiger partial charge in [0.25, 0.3) is 0 Å². The summed E-state index contributed by atoms with van der Waals surface area (Å²) in [5, 5.41) is 0. The molecule has 0 saturated heterocycles. The maximum absolute atomic E-state index is 5.87. The number of para-hydroxylation sites is 1. The van der Waals surface area contributed by atoms with Gasteiger partial charge in [-0.25, -0.2) is 0 Å². The normalized spacial score (nSPS) is 12.7. The monoisotopic (exact) mass is 250 g/mol. The molecule has 3 nitrogen and oxygen atoms in total. The average Bonchev–Trinajstić information content (AvgIpc) is 2.42. The Morgan fingerprint density at radius 3 is 2.50 bits per heavy atom. The van der Waals surface area contributed by atoms with E-state index >= 15 is 0 Å². The Kier molecular flexibility index (Phi) is 6.76. The van der Waals surface area contributed by atoms with Crippen LogP contribution in [0, 0.1) is 5.92 Å². The minimum absolute atomic E-state index is 0.524. The van der Waals surface area contributed by atoms with Gasteiger partial charge in [-0.3, -0.25) is 0 Å². The summed E-state index contributed by atoms with van der Waals surface area (Å²) in [7, 11) is 0. The standard InChI is InChI=1S/C15H26N2O/c1-4-17(5-2)11-13(3)12-18-15-9-7-6-8-14(15)10-16/h6-9,13H,4-5,10-12,16H2,1-3H3. The first-order valence-corrected chi connectivity index (χ1v) is 6.84. The van der Waals surface area contributed by atoms with Crippen LogP contribution >= 0.6 is 0 Å². The zero-order valence-electron chi connectivity index (χ0n) is 11.9. The maximum atomic E-state index is 5.87. The van der Waals surface area contributed by atoms with Crippen LogP contribution in [0.4, 0.5) is 0 Å². The maximum Gasteiger partial charge on any atom is 0.123 e. The molecule has 1 aromatic carbocycles. The molecule has 0 bridgehead atoms. The lowest BCUT2D eigenvalue weighted by atomic mass is 10.1. The fourth-order valence-electron chi connectivity index (χ4n) is 2.02. The van der Waals surface area contributed by atoms with E-state index in [1.165, 1.54) is 0 Å². The number of benzene rings is 1. The van der Waals surface area contributed by atoms with Crippen molar-refractivity contribution in [2.45, 2.75) is 27.3 Å². The van der Waals surface area contributed by atoms with Crippen molar-refractivity contribution < 1.29 is 4.74 Å². The summed E-state index contributed by atoms with van der Waals surface area (Å²) < 4.78 is 5.87. The minimum atomic E-state index is 0.524. The molecule has 3 heteroatoms. The molecule has 0 aliphatic carbocycles. The van der Waals surface area contributed by atoms with E-state index in [4.69, 9.17) is 10.5 Å². The summed E-state index contributed by atoms with van der Waals surface area (Å²) in [6.45, 7) is 11.2. The van der Waals surface area contributed by atoms with Crippen LogP contribution in [-0.4, -0.2) is 31.1 Å². The van der Waals surface area contributed by atoms with Gasteiger partial charge in [0.1, 0.15) is 5.75 Å². The van der Waals surface area contributed by atoms with E-state index in [0.29, 0.717) is 12.5 Å². The second-order valence-electron chi connectivity index (χ2n) is 4.71. The predicted molar refractivity (Wildman–Crippen MR) is 76.8 cm³/mol. The summed E-state index contributed by atoms with van der Waals surface area (Å²) in [6, 6.07) is 7.99. The molecule has 0 spiro atoms. The van der Waals surface area contributed by atoms with Gasteiger partial charge in [0, 0.05) is 24.6 Å². The molecule has 0 fully saturated rings. The Bertz CT molecular complexity index is 337. The summed E-state index contributed by atoms with van der Waals surface area (Å²) in [6.07, 6.45) is 0. The Balaban J connectivity index is 2.44. The van der Waals surface area contributed by atoms with Gasteiger partial charge in [0.05, 0.1) is 6.61 Å². The fraction of sp³-hybridized carbons (Fsp3) is 0.600. The highest BCUT2D eigenvalue weighted by molar-refractivity contribution is 5.32. The lowest BCUT2D eigenvalue weighted by molar-refractivity contribution is 0.194. The second kappa shape index (κ2) is 8.11. The SMILES string of the molecule is CCN(CC)CC(C)COc1ccccc1CN. The van der Waals surface area contributed by atoms with Crippen LogP contribution in [0.15, 0.2) is 24.3 Å². The molecule has 0 aromatic heterocycles. The molecule has 1 aromatic rings. The molecule has 0 aliphatic rings. The summed E-state index contributed by atoms with van der Waals surface area (Å²) in [5.74, 6) is 1.45. The van der Waals surface area contributed by atoms with Gasteiger partial charge in [-0.15, -0.1) is 0 Å². The van der Waals surface area contributed by atoms with Crippen LogP contribution in [0.1, 0.15) is 26.3 Å². The number of hydrogen-bond acceptors (Lipinski definition) is 3. The second-order valence-corrected chi connectivity index (χ2v) is 4.71. The van der Waals surface area contributed by atoms with Crippen LogP contribution in [0.5, 0.6) is 5.75 Å². The fourth-order valence-corrected chi connectivity index (χ4v) is 2.02. The van der Waals surface area contributed by atoms with E-state index in [-0.39, 0.29) is 0 Å². The van der Waals surface area contributed by atoms with Gasteiger partial charge in [-0.1, -0.05) is 39.0 Å². The van der Waals surface area contributed by atoms with Crippen molar-refractivity contribution in [3.63, 3.8) is 0 Å². The van der Waals surface area contributed by atoms with Crippen molar-refractivity contribution >= 4 is 0 Å². The van der Waals surface area contributed by atoms with Crippen molar-refractivity contribution in [1.82, 2.24) is 4.90 Å². The lowest BCUT2D eigenvalue weighted by Crippen LogP contribution is -2.30. The molecule has 2 N–H and O–H groups in total. The van der Waals surface area contributed by atoms with Gasteiger partial charge in [0.15, 0.2) is 0 Å². The molecule has 0 radical (unpaired) electrons. The number of rotatable bonds is 8. The zero-order chi connectivity index (χ0) is 13.4. The highest BCUT2D eigenvalue weighted by Gasteiger charge is 2.09. The Morgan fingerprint density at radius 2 is 1.89 bits per heavy atom. The van der Waals surface area contributed by atoms with Crippen LogP contribution in [-0.2, 0) is 6.54 Å². The molecule has 1 rings (SSSR count). The quantitative estimate of drug-likeness (QED) is 0.770. The van der Waals surface area contributed by atoms with Crippen molar-refractivity contribution in [2.75, 3.05) is 26.2 Å². The molecule has 0 saturated carbocycles. The minimum Gasteiger partial charge on any atom is -0.493 e. The molecular formula is C15H26N2O. The number of hydrogen-bond donors (Lipinski definition) is 1. The van der Waals surface area contributed by atoms with Gasteiger partial charge in [0.2, 0.25) is 0 Å². The first kappa shape index (κ1) is 15.0. The molecule has 1 unspecified atom stereocenters. The molecule has 1 atom stereocenters. The number of nitrogens with two attached hydrogens (primary N) is 1. The Morgan fingerprint density at radius 1 is 1.22 bits per heavy atom. The molecule has 102 valence electrons. The smallest absolute Gasteiger partial charge is 0.123 e. The zero-order valence-corrected chi connectivity index (χ0v) is 11.9. The van der Waals surface area contributed by atoms with E-state index in [1.54, 1.807) is 0 Å². The third-order valence-electron chi connectivity index (χ3n) is 3.18.